The highest BCUT2D eigenvalue weighted by Gasteiger charge is 2.25. The van der Waals surface area contributed by atoms with E-state index in [1.165, 1.54) is 22.6 Å². The summed E-state index contributed by atoms with van der Waals surface area (Å²) in [5.74, 6) is -0.444. The lowest BCUT2D eigenvalue weighted by Gasteiger charge is -2.31. The normalized spacial score (nSPS) is 16.3. The number of benzene rings is 1. The molecule has 1 aromatic carbocycles. The molecule has 1 atom stereocenters. The number of fused-ring (bicyclic) bond motifs is 1. The Kier molecular flexibility index (Phi) is 4.03. The number of halogens is 1. The van der Waals surface area contributed by atoms with Crippen LogP contribution in [0, 0.1) is 5.82 Å². The number of amides is 1. The van der Waals surface area contributed by atoms with Crippen molar-refractivity contribution in [1.82, 2.24) is 4.90 Å². The first-order chi connectivity index (χ1) is 10.1. The van der Waals surface area contributed by atoms with Crippen molar-refractivity contribution in [3.05, 3.63) is 52.0 Å². The largest absolute Gasteiger partial charge is 0.325 e. The number of hydrogen-bond acceptors (Lipinski definition) is 3. The molecule has 1 aliphatic rings. The van der Waals surface area contributed by atoms with Crippen LogP contribution in [-0.2, 0) is 17.8 Å². The predicted molar refractivity (Wildman–Crippen MR) is 82.9 cm³/mol. The minimum absolute atomic E-state index is 0.0979. The SMILES string of the molecule is C[C@H](C(=O)Nc1cccc(F)c1)N1CCc2sccc2C1. The summed E-state index contributed by atoms with van der Waals surface area (Å²) in [6.45, 7) is 3.58. The van der Waals surface area contributed by atoms with Gasteiger partial charge in [-0.15, -0.1) is 11.3 Å². The molecular formula is C16H17FN2OS. The Hall–Kier alpha value is -1.72. The minimum Gasteiger partial charge on any atom is -0.325 e. The number of thiophene rings is 1. The summed E-state index contributed by atoms with van der Waals surface area (Å²) in [5.41, 5.74) is 1.82. The minimum atomic E-state index is -0.346. The Morgan fingerprint density at radius 2 is 2.29 bits per heavy atom. The zero-order chi connectivity index (χ0) is 14.8. The van der Waals surface area contributed by atoms with E-state index in [2.05, 4.69) is 21.7 Å². The van der Waals surface area contributed by atoms with Crippen molar-refractivity contribution < 1.29 is 9.18 Å². The zero-order valence-electron chi connectivity index (χ0n) is 11.8. The Morgan fingerprint density at radius 1 is 1.43 bits per heavy atom. The van der Waals surface area contributed by atoms with E-state index in [0.717, 1.165) is 19.5 Å². The molecule has 0 saturated carbocycles. The molecule has 3 nitrogen and oxygen atoms in total. The second-order valence-electron chi connectivity index (χ2n) is 5.27. The van der Waals surface area contributed by atoms with Gasteiger partial charge < -0.3 is 5.32 Å². The first kappa shape index (κ1) is 14.2. The van der Waals surface area contributed by atoms with Crippen molar-refractivity contribution >= 4 is 22.9 Å². The molecule has 0 aliphatic carbocycles. The van der Waals surface area contributed by atoms with Crippen molar-refractivity contribution in [3.8, 4) is 0 Å². The van der Waals surface area contributed by atoms with Crippen molar-refractivity contribution in [2.45, 2.75) is 25.9 Å². The average molecular weight is 304 g/mol. The predicted octanol–water partition coefficient (Wildman–Crippen LogP) is 3.27. The Labute approximate surface area is 127 Å². The summed E-state index contributed by atoms with van der Waals surface area (Å²) in [6.07, 6.45) is 0.991. The van der Waals surface area contributed by atoms with Crippen molar-refractivity contribution in [1.29, 1.82) is 0 Å². The van der Waals surface area contributed by atoms with Crippen LogP contribution in [0.5, 0.6) is 0 Å². The van der Waals surface area contributed by atoms with Crippen LogP contribution in [0.15, 0.2) is 35.7 Å². The van der Waals surface area contributed by atoms with Gasteiger partial charge in [-0.2, -0.15) is 0 Å². The van der Waals surface area contributed by atoms with Gasteiger partial charge >= 0.3 is 0 Å². The molecular weight excluding hydrogens is 287 g/mol. The highest BCUT2D eigenvalue weighted by Crippen LogP contribution is 2.25. The molecule has 21 heavy (non-hydrogen) atoms. The third-order valence-corrected chi connectivity index (χ3v) is 4.88. The van der Waals surface area contributed by atoms with Gasteiger partial charge in [0, 0.05) is 23.7 Å². The number of nitrogens with zero attached hydrogens (tertiary/aromatic N) is 1. The first-order valence-corrected chi connectivity index (χ1v) is 7.87. The van der Waals surface area contributed by atoms with E-state index < -0.39 is 0 Å². The van der Waals surface area contributed by atoms with Crippen LogP contribution in [0.2, 0.25) is 0 Å². The summed E-state index contributed by atoms with van der Waals surface area (Å²) >= 11 is 1.78. The number of rotatable bonds is 3. The Bertz CT molecular complexity index is 655. The van der Waals surface area contributed by atoms with Crippen LogP contribution in [0.4, 0.5) is 10.1 Å². The number of anilines is 1. The molecule has 2 aromatic rings. The van der Waals surface area contributed by atoms with Gasteiger partial charge in [-0.25, -0.2) is 4.39 Å². The number of carbonyl (C=O) groups is 1. The summed E-state index contributed by atoms with van der Waals surface area (Å²) in [4.78, 5) is 15.9. The third kappa shape index (κ3) is 3.14. The molecule has 1 aliphatic heterocycles. The molecule has 0 radical (unpaired) electrons. The van der Waals surface area contributed by atoms with Gasteiger partial charge in [-0.3, -0.25) is 9.69 Å². The highest BCUT2D eigenvalue weighted by molar-refractivity contribution is 7.10. The van der Waals surface area contributed by atoms with Gasteiger partial charge in [0.15, 0.2) is 0 Å². The van der Waals surface area contributed by atoms with Gasteiger partial charge in [0.05, 0.1) is 6.04 Å². The van der Waals surface area contributed by atoms with Crippen LogP contribution in [-0.4, -0.2) is 23.4 Å². The molecule has 0 fully saturated rings. The standard InChI is InChI=1S/C16H17FN2OS/c1-11(16(20)18-14-4-2-3-13(17)9-14)19-7-5-15-12(10-19)6-8-21-15/h2-4,6,8-9,11H,5,7,10H2,1H3,(H,18,20)/t11-/m1/s1. The molecule has 1 aromatic heterocycles. The smallest absolute Gasteiger partial charge is 0.241 e. The first-order valence-electron chi connectivity index (χ1n) is 6.99. The fraction of sp³-hybridized carbons (Fsp3) is 0.312. The van der Waals surface area contributed by atoms with Crippen molar-refractivity contribution in [2.75, 3.05) is 11.9 Å². The third-order valence-electron chi connectivity index (χ3n) is 3.86. The maximum absolute atomic E-state index is 13.1. The second kappa shape index (κ2) is 5.95. The monoisotopic (exact) mass is 304 g/mol. The molecule has 0 bridgehead atoms. The number of nitrogens with one attached hydrogen (secondary N) is 1. The van der Waals surface area contributed by atoms with Gasteiger partial charge in [0.2, 0.25) is 5.91 Å². The van der Waals surface area contributed by atoms with Crippen molar-refractivity contribution in [2.24, 2.45) is 0 Å². The molecule has 1 amide bonds. The summed E-state index contributed by atoms with van der Waals surface area (Å²) in [6, 6.07) is 7.87. The molecule has 3 rings (SSSR count). The lowest BCUT2D eigenvalue weighted by molar-refractivity contribution is -0.121. The molecule has 0 unspecified atom stereocenters. The van der Waals surface area contributed by atoms with Crippen LogP contribution >= 0.6 is 11.3 Å². The van der Waals surface area contributed by atoms with E-state index in [1.54, 1.807) is 23.5 Å². The van der Waals surface area contributed by atoms with Gasteiger partial charge in [0.1, 0.15) is 5.82 Å². The molecule has 110 valence electrons. The van der Waals surface area contributed by atoms with Crippen molar-refractivity contribution in [3.63, 3.8) is 0 Å². The second-order valence-corrected chi connectivity index (χ2v) is 6.27. The van der Waals surface area contributed by atoms with E-state index in [0.29, 0.717) is 5.69 Å². The summed E-state index contributed by atoms with van der Waals surface area (Å²) < 4.78 is 13.1. The average Bonchev–Trinajstić information content (AvgIpc) is 2.93. The number of hydrogen-bond donors (Lipinski definition) is 1. The quantitative estimate of drug-likeness (QED) is 0.944. The zero-order valence-corrected chi connectivity index (χ0v) is 12.6. The van der Waals surface area contributed by atoms with Gasteiger partial charge in [-0.05, 0) is 48.6 Å². The van der Waals surface area contributed by atoms with Gasteiger partial charge in [0.25, 0.3) is 0 Å². The molecule has 1 N–H and O–H groups in total. The maximum Gasteiger partial charge on any atom is 0.241 e. The van der Waals surface area contributed by atoms with E-state index in [-0.39, 0.29) is 17.8 Å². The van der Waals surface area contributed by atoms with Crippen LogP contribution in [0.25, 0.3) is 0 Å². The molecule has 5 heteroatoms. The molecule has 2 heterocycles. The van der Waals surface area contributed by atoms with E-state index in [4.69, 9.17) is 0 Å². The Balaban J connectivity index is 1.65. The highest BCUT2D eigenvalue weighted by atomic mass is 32.1. The summed E-state index contributed by atoms with van der Waals surface area (Å²) in [7, 11) is 0. The molecule has 0 saturated heterocycles. The van der Waals surface area contributed by atoms with Crippen LogP contribution in [0.1, 0.15) is 17.4 Å². The Morgan fingerprint density at radius 3 is 3.10 bits per heavy atom. The lowest BCUT2D eigenvalue weighted by Crippen LogP contribution is -2.44. The fourth-order valence-electron chi connectivity index (χ4n) is 2.58. The lowest BCUT2D eigenvalue weighted by atomic mass is 10.1. The molecule has 0 spiro atoms. The summed E-state index contributed by atoms with van der Waals surface area (Å²) in [5, 5.41) is 4.88. The van der Waals surface area contributed by atoms with E-state index >= 15 is 0 Å². The number of carbonyl (C=O) groups excluding carboxylic acids is 1. The van der Waals surface area contributed by atoms with Crippen LogP contribution in [0.3, 0.4) is 0 Å². The maximum atomic E-state index is 13.1. The topological polar surface area (TPSA) is 32.3 Å². The fourth-order valence-corrected chi connectivity index (χ4v) is 3.47. The van der Waals surface area contributed by atoms with E-state index in [9.17, 15) is 9.18 Å². The van der Waals surface area contributed by atoms with Gasteiger partial charge in [-0.1, -0.05) is 6.07 Å². The van der Waals surface area contributed by atoms with Crippen LogP contribution < -0.4 is 5.32 Å². The van der Waals surface area contributed by atoms with E-state index in [1.807, 2.05) is 6.92 Å².